The Morgan fingerprint density at radius 2 is 1.80 bits per heavy atom. The number of morpholine rings is 1. The third-order valence-electron chi connectivity index (χ3n) is 6.18. The summed E-state index contributed by atoms with van der Waals surface area (Å²) in [4.78, 5) is 20.1. The molecule has 0 bridgehead atoms. The second-order valence-electron chi connectivity index (χ2n) is 8.39. The Morgan fingerprint density at radius 1 is 1.03 bits per heavy atom. The van der Waals surface area contributed by atoms with Gasteiger partial charge in [0.05, 0.1) is 36.8 Å². The smallest absolute Gasteiger partial charge is 0.252 e. The molecule has 1 N–H and O–H groups in total. The van der Waals surface area contributed by atoms with E-state index in [0.29, 0.717) is 42.3 Å². The van der Waals surface area contributed by atoms with E-state index >= 15 is 0 Å². The number of carbonyl (C=O) groups is 1. The molecule has 35 heavy (non-hydrogen) atoms. The van der Waals surface area contributed by atoms with Crippen molar-refractivity contribution in [2.24, 2.45) is 0 Å². The van der Waals surface area contributed by atoms with Crippen LogP contribution in [-0.2, 0) is 4.74 Å². The summed E-state index contributed by atoms with van der Waals surface area (Å²) >= 11 is 0. The van der Waals surface area contributed by atoms with E-state index in [1.165, 1.54) is 12.1 Å². The van der Waals surface area contributed by atoms with Crippen LogP contribution in [0.2, 0.25) is 0 Å². The SMILES string of the molecule is O=C(NCC(c1ccccc1)N1CCOCC1)c1cnc(-c2ccc(F)cc2)c(-c2ccco2)c1. The maximum atomic E-state index is 13.5. The van der Waals surface area contributed by atoms with E-state index in [2.05, 4.69) is 27.3 Å². The van der Waals surface area contributed by atoms with Crippen LogP contribution >= 0.6 is 0 Å². The molecule has 2 aromatic heterocycles. The number of aromatic nitrogens is 1. The highest BCUT2D eigenvalue weighted by molar-refractivity contribution is 5.96. The van der Waals surface area contributed by atoms with E-state index in [-0.39, 0.29) is 17.8 Å². The van der Waals surface area contributed by atoms with Crippen molar-refractivity contribution in [3.05, 3.63) is 102 Å². The van der Waals surface area contributed by atoms with Crippen LogP contribution in [0.25, 0.3) is 22.6 Å². The highest BCUT2D eigenvalue weighted by Gasteiger charge is 2.24. The Morgan fingerprint density at radius 3 is 2.51 bits per heavy atom. The van der Waals surface area contributed by atoms with Gasteiger partial charge in [-0.15, -0.1) is 0 Å². The zero-order valence-electron chi connectivity index (χ0n) is 19.2. The van der Waals surface area contributed by atoms with Crippen molar-refractivity contribution in [1.29, 1.82) is 0 Å². The van der Waals surface area contributed by atoms with E-state index < -0.39 is 0 Å². The van der Waals surface area contributed by atoms with Crippen molar-refractivity contribution in [2.75, 3.05) is 32.8 Å². The quantitative estimate of drug-likeness (QED) is 0.413. The van der Waals surface area contributed by atoms with Gasteiger partial charge in [-0.05, 0) is 48.0 Å². The van der Waals surface area contributed by atoms with E-state index in [1.807, 2.05) is 24.3 Å². The molecule has 1 atom stereocenters. The lowest BCUT2D eigenvalue weighted by atomic mass is 10.0. The summed E-state index contributed by atoms with van der Waals surface area (Å²) in [6, 6.07) is 21.7. The summed E-state index contributed by atoms with van der Waals surface area (Å²) in [6.07, 6.45) is 3.12. The first-order chi connectivity index (χ1) is 17.2. The molecule has 1 amide bonds. The molecule has 0 spiro atoms. The molecule has 1 aliphatic heterocycles. The highest BCUT2D eigenvalue weighted by Crippen LogP contribution is 2.31. The van der Waals surface area contributed by atoms with Crippen molar-refractivity contribution < 1.29 is 18.3 Å². The van der Waals surface area contributed by atoms with Gasteiger partial charge >= 0.3 is 0 Å². The fourth-order valence-electron chi connectivity index (χ4n) is 4.36. The number of carbonyl (C=O) groups excluding carboxylic acids is 1. The van der Waals surface area contributed by atoms with Crippen molar-refractivity contribution in [3.63, 3.8) is 0 Å². The first-order valence-electron chi connectivity index (χ1n) is 11.6. The molecule has 178 valence electrons. The number of nitrogens with zero attached hydrogens (tertiary/aromatic N) is 2. The number of amides is 1. The molecular weight excluding hydrogens is 445 g/mol. The van der Waals surface area contributed by atoms with Gasteiger partial charge in [0.15, 0.2) is 0 Å². The van der Waals surface area contributed by atoms with Crippen molar-refractivity contribution in [1.82, 2.24) is 15.2 Å². The Hall–Kier alpha value is -3.81. The fourth-order valence-corrected chi connectivity index (χ4v) is 4.36. The summed E-state index contributed by atoms with van der Waals surface area (Å²) in [7, 11) is 0. The zero-order chi connectivity index (χ0) is 24.0. The monoisotopic (exact) mass is 471 g/mol. The molecular formula is C28H26FN3O3. The average molecular weight is 472 g/mol. The predicted octanol–water partition coefficient (Wildman–Crippen LogP) is 4.95. The highest BCUT2D eigenvalue weighted by atomic mass is 19.1. The molecule has 3 heterocycles. The normalized spacial score (nSPS) is 15.0. The molecule has 4 aromatic rings. The van der Waals surface area contributed by atoms with Crippen LogP contribution in [0.1, 0.15) is 22.0 Å². The number of hydrogen-bond acceptors (Lipinski definition) is 5. The largest absolute Gasteiger partial charge is 0.464 e. The number of hydrogen-bond donors (Lipinski definition) is 1. The van der Waals surface area contributed by atoms with Gasteiger partial charge < -0.3 is 14.5 Å². The minimum absolute atomic E-state index is 0.0417. The molecule has 5 rings (SSSR count). The van der Waals surface area contributed by atoms with Gasteiger partial charge in [0, 0.05) is 37.0 Å². The standard InChI is InChI=1S/C28H26FN3O3/c29-23-10-8-21(9-11-23)27-24(26-7-4-14-35-26)17-22(18-30-27)28(33)31-19-25(20-5-2-1-3-6-20)32-12-15-34-16-13-32/h1-11,14,17-18,25H,12-13,15-16,19H2,(H,31,33). The van der Waals surface area contributed by atoms with Crippen LogP contribution in [0.4, 0.5) is 4.39 Å². The number of ether oxygens (including phenoxy) is 1. The maximum absolute atomic E-state index is 13.5. The fraction of sp³-hybridized carbons (Fsp3) is 0.214. The summed E-state index contributed by atoms with van der Waals surface area (Å²) < 4.78 is 24.6. The van der Waals surface area contributed by atoms with Crippen molar-refractivity contribution in [2.45, 2.75) is 6.04 Å². The summed E-state index contributed by atoms with van der Waals surface area (Å²) in [5, 5.41) is 3.09. The Bertz CT molecular complexity index is 1250. The molecule has 1 aliphatic rings. The van der Waals surface area contributed by atoms with Crippen molar-refractivity contribution in [3.8, 4) is 22.6 Å². The Kier molecular flexibility index (Phi) is 6.97. The van der Waals surface area contributed by atoms with Crippen LogP contribution < -0.4 is 5.32 Å². The summed E-state index contributed by atoms with van der Waals surface area (Å²) in [5.41, 5.74) is 3.60. The topological polar surface area (TPSA) is 67.6 Å². The molecule has 1 saturated heterocycles. The van der Waals surface area contributed by atoms with Gasteiger partial charge in [-0.2, -0.15) is 0 Å². The van der Waals surface area contributed by atoms with E-state index in [4.69, 9.17) is 9.15 Å². The van der Waals surface area contributed by atoms with E-state index in [1.54, 1.807) is 36.7 Å². The number of nitrogens with one attached hydrogen (secondary N) is 1. The van der Waals surface area contributed by atoms with Gasteiger partial charge in [-0.25, -0.2) is 4.39 Å². The second kappa shape index (κ2) is 10.6. The maximum Gasteiger partial charge on any atom is 0.252 e. The van der Waals surface area contributed by atoms with Gasteiger partial charge in [0.2, 0.25) is 0 Å². The molecule has 0 aliphatic carbocycles. The third-order valence-corrected chi connectivity index (χ3v) is 6.18. The number of pyridine rings is 1. The molecule has 2 aromatic carbocycles. The minimum atomic E-state index is -0.322. The number of rotatable bonds is 7. The second-order valence-corrected chi connectivity index (χ2v) is 8.39. The molecule has 1 unspecified atom stereocenters. The number of benzene rings is 2. The molecule has 6 nitrogen and oxygen atoms in total. The summed E-state index contributed by atoms with van der Waals surface area (Å²) in [5.74, 6) is 0.0460. The van der Waals surface area contributed by atoms with Crippen LogP contribution in [0, 0.1) is 5.82 Å². The van der Waals surface area contributed by atoms with Crippen molar-refractivity contribution >= 4 is 5.91 Å². The zero-order valence-corrected chi connectivity index (χ0v) is 19.2. The number of halogens is 1. The third kappa shape index (κ3) is 5.31. The Balaban J connectivity index is 1.39. The van der Waals surface area contributed by atoms with Crippen LogP contribution in [-0.4, -0.2) is 48.6 Å². The predicted molar refractivity (Wildman–Crippen MR) is 131 cm³/mol. The van der Waals surface area contributed by atoms with Gasteiger partial charge in [0.25, 0.3) is 5.91 Å². The lowest BCUT2D eigenvalue weighted by Crippen LogP contribution is -2.43. The Labute approximate surface area is 203 Å². The average Bonchev–Trinajstić information content (AvgIpc) is 3.45. The molecule has 1 fully saturated rings. The van der Waals surface area contributed by atoms with Gasteiger partial charge in [-0.1, -0.05) is 30.3 Å². The van der Waals surface area contributed by atoms with Crippen LogP contribution in [0.3, 0.4) is 0 Å². The van der Waals surface area contributed by atoms with E-state index in [0.717, 1.165) is 24.2 Å². The summed E-state index contributed by atoms with van der Waals surface area (Å²) in [6.45, 7) is 3.44. The first kappa shape index (κ1) is 23.0. The number of furan rings is 1. The van der Waals surface area contributed by atoms with Gasteiger partial charge in [-0.3, -0.25) is 14.7 Å². The lowest BCUT2D eigenvalue weighted by Gasteiger charge is -2.35. The van der Waals surface area contributed by atoms with Crippen LogP contribution in [0.5, 0.6) is 0 Å². The van der Waals surface area contributed by atoms with E-state index in [9.17, 15) is 9.18 Å². The first-order valence-corrected chi connectivity index (χ1v) is 11.6. The molecule has 7 heteroatoms. The minimum Gasteiger partial charge on any atom is -0.464 e. The van der Waals surface area contributed by atoms with Gasteiger partial charge in [0.1, 0.15) is 11.6 Å². The van der Waals surface area contributed by atoms with Crippen LogP contribution in [0.15, 0.2) is 89.7 Å². The lowest BCUT2D eigenvalue weighted by molar-refractivity contribution is 0.0162. The molecule has 0 radical (unpaired) electrons. The molecule has 0 saturated carbocycles.